The summed E-state index contributed by atoms with van der Waals surface area (Å²) in [6, 6.07) is 16.4. The first-order valence-corrected chi connectivity index (χ1v) is 15.5. The van der Waals surface area contributed by atoms with E-state index in [0.717, 1.165) is 11.1 Å². The van der Waals surface area contributed by atoms with Crippen LogP contribution in [-0.4, -0.2) is 33.0 Å². The van der Waals surface area contributed by atoms with Gasteiger partial charge < -0.3 is 0 Å². The zero-order chi connectivity index (χ0) is 31.4. The molecule has 2 aliphatic heterocycles. The van der Waals surface area contributed by atoms with Crippen molar-refractivity contribution >= 4 is 46.5 Å². The largest absolute Gasteiger partial charge is 0.380 e. The molecule has 1 saturated carbocycles. The van der Waals surface area contributed by atoms with E-state index in [1.54, 1.807) is 51.1 Å². The highest BCUT2D eigenvalue weighted by Crippen LogP contribution is 2.74. The Labute approximate surface area is 258 Å². The molecule has 2 heterocycles. The van der Waals surface area contributed by atoms with E-state index in [2.05, 4.69) is 0 Å². The Kier molecular flexibility index (Phi) is 6.19. The molecule has 0 spiro atoms. The van der Waals surface area contributed by atoms with Crippen LogP contribution >= 0.6 is 23.5 Å². The summed E-state index contributed by atoms with van der Waals surface area (Å²) < 4.78 is 89.5. The number of carbonyl (C=O) groups is 1. The summed E-state index contributed by atoms with van der Waals surface area (Å²) in [5.41, 5.74) is 0.274. The Morgan fingerprint density at radius 3 is 2.02 bits per heavy atom. The van der Waals surface area contributed by atoms with Gasteiger partial charge in [-0.2, -0.15) is 26.3 Å². The first kappa shape index (κ1) is 29.3. The van der Waals surface area contributed by atoms with Gasteiger partial charge in [-0.3, -0.25) is 4.79 Å². The van der Waals surface area contributed by atoms with Crippen molar-refractivity contribution in [3.8, 4) is 0 Å². The number of fused-ring (bicyclic) bond motifs is 5. The van der Waals surface area contributed by atoms with Gasteiger partial charge in [0.1, 0.15) is 0 Å². The Balaban J connectivity index is 1.48. The number of allylic oxidation sites excluding steroid dienone is 10. The van der Waals surface area contributed by atoms with Crippen LogP contribution in [0.15, 0.2) is 117 Å². The summed E-state index contributed by atoms with van der Waals surface area (Å²) in [6.07, 6.45) is 9.30. The Hall–Kier alpha value is -3.43. The van der Waals surface area contributed by atoms with Gasteiger partial charge in [-0.1, -0.05) is 66.7 Å². The van der Waals surface area contributed by atoms with Crippen LogP contribution in [0.5, 0.6) is 0 Å². The Morgan fingerprint density at radius 2 is 1.34 bits per heavy atom. The van der Waals surface area contributed by atoms with Gasteiger partial charge in [0, 0.05) is 21.6 Å². The fraction of sp³-hybridized carbons (Fsp3) is 0.229. The molecule has 3 aliphatic carbocycles. The van der Waals surface area contributed by atoms with Gasteiger partial charge in [0.25, 0.3) is 0 Å². The molecule has 0 aromatic heterocycles. The highest BCUT2D eigenvalue weighted by atomic mass is 32.2. The Morgan fingerprint density at radius 1 is 0.750 bits per heavy atom. The molecular weight excluding hydrogens is 615 g/mol. The summed E-state index contributed by atoms with van der Waals surface area (Å²) >= 11 is 2.42. The van der Waals surface area contributed by atoms with E-state index in [9.17, 15) is 13.6 Å². The van der Waals surface area contributed by atoms with Crippen LogP contribution in [0.1, 0.15) is 37.5 Å². The minimum Gasteiger partial charge on any atom is -0.289 e. The van der Waals surface area contributed by atoms with Crippen molar-refractivity contribution in [1.29, 1.82) is 0 Å². The number of halogens is 6. The standard InChI is InChI=1S/C35H24F6OS2/c1-19-17-25-29-30(34(38,39)35(40,41)33(29,36)37)26-18-28(44-32(26,3)31(25,2)43-19)23(20-9-5-4-6-10-20)14-15-24-22-12-8-7-11-21(22)13-16-27(24)42/h4-18H,1-3H3/b23-14-,24-15+/t31-,32-/m0/s1. The number of carbonyl (C=O) groups excluding carboxylic acids is 1. The minimum absolute atomic E-state index is 0.186. The molecule has 1 fully saturated rings. The van der Waals surface area contributed by atoms with Crippen LogP contribution in [0.25, 0.3) is 17.2 Å². The lowest BCUT2D eigenvalue weighted by Gasteiger charge is -2.47. The molecule has 2 aromatic rings. The second kappa shape index (κ2) is 9.30. The normalized spacial score (nSPS) is 30.2. The van der Waals surface area contributed by atoms with Gasteiger partial charge in [-0.25, -0.2) is 0 Å². The Bertz CT molecular complexity index is 1890. The van der Waals surface area contributed by atoms with Gasteiger partial charge in [0.2, 0.25) is 0 Å². The third-order valence-corrected chi connectivity index (χ3v) is 12.3. The van der Waals surface area contributed by atoms with Crippen molar-refractivity contribution < 1.29 is 31.1 Å². The van der Waals surface area contributed by atoms with E-state index < -0.39 is 38.4 Å². The van der Waals surface area contributed by atoms with E-state index >= 15 is 17.6 Å². The van der Waals surface area contributed by atoms with Gasteiger partial charge in [0.15, 0.2) is 5.78 Å². The zero-order valence-electron chi connectivity index (χ0n) is 23.7. The fourth-order valence-corrected chi connectivity index (χ4v) is 9.90. The van der Waals surface area contributed by atoms with Gasteiger partial charge in [0.05, 0.1) is 9.49 Å². The first-order valence-electron chi connectivity index (χ1n) is 13.9. The average Bonchev–Trinajstić information content (AvgIpc) is 3.52. The van der Waals surface area contributed by atoms with Gasteiger partial charge in [-0.15, -0.1) is 23.5 Å². The van der Waals surface area contributed by atoms with Crippen molar-refractivity contribution in [2.24, 2.45) is 0 Å². The number of benzene rings is 2. The summed E-state index contributed by atoms with van der Waals surface area (Å²) in [5.74, 6) is -16.0. The highest BCUT2D eigenvalue weighted by Gasteiger charge is 2.84. The molecule has 5 aliphatic rings. The number of alkyl halides is 6. The molecular formula is C35H24F6OS2. The summed E-state index contributed by atoms with van der Waals surface area (Å²) in [5, 5.41) is 0. The number of hydrogen-bond donors (Lipinski definition) is 0. The monoisotopic (exact) mass is 638 g/mol. The van der Waals surface area contributed by atoms with E-state index in [4.69, 9.17) is 0 Å². The van der Waals surface area contributed by atoms with Crippen LogP contribution in [0.2, 0.25) is 0 Å². The van der Waals surface area contributed by atoms with Crippen molar-refractivity contribution in [2.45, 2.75) is 48.0 Å². The zero-order valence-corrected chi connectivity index (χ0v) is 25.3. The molecule has 224 valence electrons. The number of hydrogen-bond acceptors (Lipinski definition) is 3. The second-order valence-corrected chi connectivity index (χ2v) is 14.8. The molecule has 7 rings (SSSR count). The van der Waals surface area contributed by atoms with Crippen molar-refractivity contribution in [3.63, 3.8) is 0 Å². The predicted octanol–water partition coefficient (Wildman–Crippen LogP) is 10.1. The second-order valence-electron chi connectivity index (χ2n) is 11.6. The number of thioether (sulfide) groups is 2. The highest BCUT2D eigenvalue weighted by molar-refractivity contribution is 8.09. The summed E-state index contributed by atoms with van der Waals surface area (Å²) in [4.78, 5) is 14.0. The van der Waals surface area contributed by atoms with E-state index in [0.29, 0.717) is 26.5 Å². The average molecular weight is 639 g/mol. The van der Waals surface area contributed by atoms with Crippen LogP contribution < -0.4 is 0 Å². The fourth-order valence-electron chi connectivity index (χ4n) is 6.77. The molecule has 44 heavy (non-hydrogen) atoms. The van der Waals surface area contributed by atoms with Crippen LogP contribution in [0.4, 0.5) is 26.3 Å². The third-order valence-electron chi connectivity index (χ3n) is 9.14. The number of ketones is 1. The SMILES string of the molecule is CC1=CC2=C3C(=C4C=C(/C(=C\C=C5\C(=O)C=Cc6ccccc65)c5ccccc5)S[C@]4(C)[C@@]2(C)S1)C(F)(F)C(F)(F)C3(F)F. The molecule has 1 nitrogen and oxygen atoms in total. The quantitative estimate of drug-likeness (QED) is 0.246. The summed E-state index contributed by atoms with van der Waals surface area (Å²) in [6.45, 7) is 4.99. The van der Waals surface area contributed by atoms with Crippen LogP contribution in [0.3, 0.4) is 0 Å². The molecule has 0 bridgehead atoms. The number of rotatable bonds is 3. The van der Waals surface area contributed by atoms with E-state index in [1.165, 1.54) is 41.8 Å². The van der Waals surface area contributed by atoms with Gasteiger partial charge >= 0.3 is 17.8 Å². The molecule has 0 unspecified atom stereocenters. The topological polar surface area (TPSA) is 17.1 Å². The maximum atomic E-state index is 15.6. The lowest BCUT2D eigenvalue weighted by Crippen LogP contribution is -2.48. The van der Waals surface area contributed by atoms with Crippen molar-refractivity contribution in [2.75, 3.05) is 0 Å². The first-order chi connectivity index (χ1) is 20.6. The molecule has 0 N–H and O–H groups in total. The predicted molar refractivity (Wildman–Crippen MR) is 166 cm³/mol. The van der Waals surface area contributed by atoms with Crippen molar-refractivity contribution in [1.82, 2.24) is 0 Å². The van der Waals surface area contributed by atoms with Crippen LogP contribution in [0, 0.1) is 0 Å². The smallest absolute Gasteiger partial charge is 0.289 e. The lowest BCUT2D eigenvalue weighted by atomic mass is 9.71. The molecule has 2 aromatic carbocycles. The molecule has 2 atom stereocenters. The maximum absolute atomic E-state index is 15.6. The molecule has 0 radical (unpaired) electrons. The molecule has 0 saturated heterocycles. The third kappa shape index (κ3) is 3.62. The lowest BCUT2D eigenvalue weighted by molar-refractivity contribution is -0.258. The van der Waals surface area contributed by atoms with E-state index in [-0.39, 0.29) is 16.9 Å². The van der Waals surface area contributed by atoms with Crippen LogP contribution in [-0.2, 0) is 4.79 Å². The van der Waals surface area contributed by atoms with Crippen molar-refractivity contribution in [3.05, 3.63) is 134 Å². The molecule has 9 heteroatoms. The summed E-state index contributed by atoms with van der Waals surface area (Å²) in [7, 11) is 0. The van der Waals surface area contributed by atoms with E-state index in [1.807, 2.05) is 42.5 Å². The minimum atomic E-state index is -5.60. The molecule has 0 amide bonds. The maximum Gasteiger partial charge on any atom is 0.380 e. The van der Waals surface area contributed by atoms with Gasteiger partial charge in [-0.05, 0) is 83.4 Å².